The van der Waals surface area contributed by atoms with Gasteiger partial charge in [0.25, 0.3) is 0 Å². The smallest absolute Gasteiger partial charge is 0.332 e. The number of aliphatic hydroxyl groups excluding tert-OH is 3. The number of halogens is 1. The van der Waals surface area contributed by atoms with Crippen molar-refractivity contribution in [1.29, 1.82) is 0 Å². The van der Waals surface area contributed by atoms with Crippen LogP contribution in [0.2, 0.25) is 5.28 Å². The zero-order valence-corrected chi connectivity index (χ0v) is 78.6. The first-order valence-electron chi connectivity index (χ1n) is 44.8. The SMILES string of the molecule is CCCN(CCCN)Cc1ccccc1.CCCN(CCCNc1ncccn1)C(=O)C1=Cc2ccc(-c3cccc(S(=O)(=O)N4CC(CO)C4)c3)cc2N=C(N)C1.CCCN(CCCNc1ncccn1)Cc1ccccc1.CCCNCCCNc1ncccn1.CO.Clc1ncccn1.NC1=Nc2cc(-c3cccc(S(=O)(=O)N4CC(CO)C4)c3)ccc2C=C(C(=O)O)C1. The number of carboxylic acid groups (broad SMARTS) is 1. The Hall–Kier alpha value is -11.8. The third kappa shape index (κ3) is 35.7. The average molecular weight is 1860 g/mol. The van der Waals surface area contributed by atoms with Gasteiger partial charge in [0.2, 0.25) is 49.1 Å². The van der Waals surface area contributed by atoms with E-state index >= 15 is 0 Å². The summed E-state index contributed by atoms with van der Waals surface area (Å²) >= 11 is 5.32. The lowest BCUT2D eigenvalue weighted by Crippen LogP contribution is -2.51. The van der Waals surface area contributed by atoms with Gasteiger partial charge in [-0.15, -0.1) is 0 Å². The van der Waals surface area contributed by atoms with Crippen LogP contribution in [-0.4, -0.2) is 249 Å². The van der Waals surface area contributed by atoms with E-state index < -0.39 is 26.0 Å². The van der Waals surface area contributed by atoms with Crippen LogP contribution < -0.4 is 38.5 Å². The van der Waals surface area contributed by atoms with Gasteiger partial charge in [0, 0.05) is 195 Å². The molecule has 0 atom stereocenters. The van der Waals surface area contributed by atoms with E-state index in [0.29, 0.717) is 103 Å². The molecule has 706 valence electrons. The zero-order valence-electron chi connectivity index (χ0n) is 76.2. The number of carbonyl (C=O) groups is 2. The van der Waals surface area contributed by atoms with Crippen molar-refractivity contribution in [1.82, 2.24) is 68.5 Å². The summed E-state index contributed by atoms with van der Waals surface area (Å²) in [5.74, 6) is 1.37. The molecule has 0 spiro atoms. The summed E-state index contributed by atoms with van der Waals surface area (Å²) in [7, 11) is -6.27. The van der Waals surface area contributed by atoms with E-state index in [-0.39, 0.29) is 65.0 Å². The maximum atomic E-state index is 13.6. The fourth-order valence-electron chi connectivity index (χ4n) is 14.2. The number of aliphatic imine (C=N–C) groups is 2. The van der Waals surface area contributed by atoms with E-state index in [1.165, 1.54) is 39.0 Å². The maximum absolute atomic E-state index is 13.6. The molecular weight excluding hydrogens is 1730 g/mol. The molecule has 32 nitrogen and oxygen atoms in total. The molecule has 0 unspecified atom stereocenters. The summed E-state index contributed by atoms with van der Waals surface area (Å²) in [6, 6.07) is 52.8. The van der Waals surface area contributed by atoms with E-state index in [0.717, 1.165) is 133 Å². The molecular formula is C97H129ClN22O10S2. The number of aliphatic carboxylic acids is 1. The second-order valence-corrected chi connectivity index (χ2v) is 35.5. The van der Waals surface area contributed by atoms with Crippen molar-refractivity contribution >= 4 is 96.6 Å². The first kappa shape index (κ1) is 106. The number of aliphatic hydroxyl groups is 3. The summed E-state index contributed by atoms with van der Waals surface area (Å²) in [6.45, 7) is 23.0. The molecule has 10 aromatic rings. The monoisotopic (exact) mass is 1860 g/mol. The van der Waals surface area contributed by atoms with Crippen LogP contribution >= 0.6 is 11.6 Å². The third-order valence-corrected chi connectivity index (χ3v) is 24.7. The molecule has 1 amide bonds. The van der Waals surface area contributed by atoms with E-state index in [1.54, 1.807) is 128 Å². The van der Waals surface area contributed by atoms with Gasteiger partial charge in [0.15, 0.2) is 0 Å². The quantitative estimate of drug-likeness (QED) is 0.0125. The van der Waals surface area contributed by atoms with Gasteiger partial charge < -0.3 is 63.8 Å². The fourth-order valence-corrected chi connectivity index (χ4v) is 17.5. The fraction of sp³-hybridized carbons (Fsp3) is 0.381. The van der Waals surface area contributed by atoms with Crippen molar-refractivity contribution in [2.75, 3.05) is 141 Å². The molecule has 2 fully saturated rings. The van der Waals surface area contributed by atoms with Crippen molar-refractivity contribution in [2.45, 2.75) is 115 Å². The van der Waals surface area contributed by atoms with Gasteiger partial charge in [0.05, 0.1) is 21.2 Å². The van der Waals surface area contributed by atoms with E-state index in [9.17, 15) is 36.6 Å². The van der Waals surface area contributed by atoms with E-state index in [1.807, 2.05) is 54.3 Å². The van der Waals surface area contributed by atoms with Gasteiger partial charge in [-0.1, -0.05) is 137 Å². The number of nitrogens with two attached hydrogens (primary N) is 3. The molecule has 0 bridgehead atoms. The third-order valence-electron chi connectivity index (χ3n) is 20.8. The number of amides is 1. The van der Waals surface area contributed by atoms with Gasteiger partial charge in [-0.25, -0.2) is 71.5 Å². The van der Waals surface area contributed by atoms with Crippen LogP contribution in [0.25, 0.3) is 34.4 Å². The van der Waals surface area contributed by atoms with Gasteiger partial charge in [-0.3, -0.25) is 14.6 Å². The highest BCUT2D eigenvalue weighted by atomic mass is 35.5. The van der Waals surface area contributed by atoms with Crippen molar-refractivity contribution < 1.29 is 46.9 Å². The lowest BCUT2D eigenvalue weighted by atomic mass is 10.0. The number of sulfonamides is 2. The Kier molecular flexibility index (Phi) is 46.5. The summed E-state index contributed by atoms with van der Waals surface area (Å²) in [6.07, 6.45) is 25.6. The summed E-state index contributed by atoms with van der Waals surface area (Å²) in [5.41, 5.74) is 26.7. The molecule has 132 heavy (non-hydrogen) atoms. The minimum absolute atomic E-state index is 0.0143. The Balaban J connectivity index is 0.000000210. The van der Waals surface area contributed by atoms with Crippen LogP contribution in [0.4, 0.5) is 29.2 Å². The summed E-state index contributed by atoms with van der Waals surface area (Å²) in [5, 5.41) is 47.9. The van der Waals surface area contributed by atoms with Crippen LogP contribution in [0.1, 0.15) is 114 Å². The highest BCUT2D eigenvalue weighted by molar-refractivity contribution is 7.89. The van der Waals surface area contributed by atoms with Crippen LogP contribution in [0.5, 0.6) is 0 Å². The van der Waals surface area contributed by atoms with Crippen LogP contribution in [-0.2, 0) is 42.7 Å². The van der Waals surface area contributed by atoms with Gasteiger partial charge in [-0.2, -0.15) is 8.61 Å². The maximum Gasteiger partial charge on any atom is 0.332 e. The highest BCUT2D eigenvalue weighted by Crippen LogP contribution is 2.37. The number of hydrogen-bond donors (Lipinski definition) is 11. The predicted octanol–water partition coefficient (Wildman–Crippen LogP) is 12.6. The Morgan fingerprint density at radius 3 is 1.23 bits per heavy atom. The average Bonchev–Trinajstić information content (AvgIpc) is 0.859. The number of amidine groups is 2. The molecule has 35 heteroatoms. The Labute approximate surface area is 782 Å². The molecule has 4 aromatic heterocycles. The normalized spacial score (nSPS) is 13.5. The largest absolute Gasteiger partial charge is 0.478 e. The van der Waals surface area contributed by atoms with Crippen molar-refractivity contribution in [3.63, 3.8) is 0 Å². The topological polar surface area (TPSA) is 454 Å². The number of hydrogen-bond acceptors (Lipinski definition) is 28. The van der Waals surface area contributed by atoms with Crippen molar-refractivity contribution in [3.05, 3.63) is 258 Å². The number of anilines is 3. The molecule has 8 heterocycles. The minimum atomic E-state index is -3.65. The number of nitrogens with zero attached hydrogens (tertiary/aromatic N) is 15. The van der Waals surface area contributed by atoms with Gasteiger partial charge in [0.1, 0.15) is 11.7 Å². The Bertz CT molecular complexity index is 5430. The Morgan fingerprint density at radius 1 is 0.447 bits per heavy atom. The lowest BCUT2D eigenvalue weighted by Gasteiger charge is -2.36. The molecule has 0 aliphatic carbocycles. The van der Waals surface area contributed by atoms with Gasteiger partial charge >= 0.3 is 5.97 Å². The van der Waals surface area contributed by atoms with E-state index in [4.69, 9.17) is 39.0 Å². The molecule has 0 radical (unpaired) electrons. The van der Waals surface area contributed by atoms with Crippen LogP contribution in [0.3, 0.4) is 0 Å². The molecule has 4 aliphatic heterocycles. The molecule has 4 aliphatic rings. The second-order valence-electron chi connectivity index (χ2n) is 31.3. The van der Waals surface area contributed by atoms with Crippen molar-refractivity contribution in [3.8, 4) is 22.3 Å². The summed E-state index contributed by atoms with van der Waals surface area (Å²) in [4.78, 5) is 73.2. The molecule has 6 aromatic carbocycles. The number of carboxylic acids is 1. The molecule has 0 saturated carbocycles. The second kappa shape index (κ2) is 58.2. The van der Waals surface area contributed by atoms with Crippen LogP contribution in [0, 0.1) is 11.8 Å². The number of benzene rings is 6. The number of rotatable bonds is 40. The standard InChI is InChI=1S/C31H37N7O4S.C21H21N3O5S.C17H24N4.C13H22N2.C10H18N4.C4H3ClN2.CH4O/c1-2-13-37(14-5-12-35-31-33-10-4-11-34-31)30(40)26-15-25-9-8-24(17-28(25)36-29(32)18-26)23-6-3-7-27(16-23)43(41,42)38-19-22(20-38)21-39;22-20-9-17(21(26)27)6-16-5-4-15(8-19(16)23-20)14-2-1-3-18(7-14)30(28,29)24-10-13(11-24)12-25;1-2-13-21(15-16-8-4-3-5-9-16)14-7-12-20-17-18-10-6-11-19-17;1-2-10-15(11-6-9-14)12-13-7-4-3-5-8-13;1-2-5-11-6-3-7-12-10-13-8-4-9-14-10;5-4-6-2-1-3-7-4;1-2/h3-4,6-11,15-17,22,39H,2,5,12-14,18-21H2,1H3,(H2,32,36)(H,33,34,35);1-8,13,25H,9-12H2,(H2,22,23)(H,26,27);3-6,8-11H,2,7,12-15H2,1H3,(H,18,19,20);3-5,7-8H,2,6,9-12,14H2,1H3;4,8-9,11H,2-3,5-7H2,1H3,(H,12,13,14);1-3H;2H,1H3. The predicted molar refractivity (Wildman–Crippen MR) is 526 cm³/mol. The number of carbonyl (C=O) groups excluding carboxylic acids is 1. The van der Waals surface area contributed by atoms with E-state index in [2.05, 4.69) is 162 Å². The van der Waals surface area contributed by atoms with Gasteiger partial charge in [-0.05, 0) is 208 Å². The Morgan fingerprint density at radius 2 is 0.841 bits per heavy atom. The molecule has 14 rings (SSSR count). The number of nitrogens with one attached hydrogen (secondary N) is 4. The first-order chi connectivity index (χ1) is 64.1. The van der Waals surface area contributed by atoms with Crippen molar-refractivity contribution in [2.24, 2.45) is 39.0 Å². The first-order valence-corrected chi connectivity index (χ1v) is 48.0. The highest BCUT2D eigenvalue weighted by Gasteiger charge is 2.38. The summed E-state index contributed by atoms with van der Waals surface area (Å²) < 4.78 is 54.6. The zero-order chi connectivity index (χ0) is 94.7. The number of aromatic nitrogens is 8. The lowest BCUT2D eigenvalue weighted by molar-refractivity contribution is -0.132. The number of fused-ring (bicyclic) bond motifs is 2. The molecule has 14 N–H and O–H groups in total. The van der Waals surface area contributed by atoms with Crippen LogP contribution in [0.15, 0.2) is 250 Å². The minimum Gasteiger partial charge on any atom is -0.478 e. The molecule has 2 saturated heterocycles.